The van der Waals surface area contributed by atoms with Crippen molar-refractivity contribution in [2.24, 2.45) is 11.7 Å². The average Bonchev–Trinajstić information content (AvgIpc) is 2.47. The third-order valence-corrected chi connectivity index (χ3v) is 3.62. The van der Waals surface area contributed by atoms with Gasteiger partial charge in [-0.05, 0) is 38.3 Å². The van der Waals surface area contributed by atoms with E-state index in [2.05, 4.69) is 26.5 Å². The van der Waals surface area contributed by atoms with E-state index in [0.29, 0.717) is 18.5 Å². The molecule has 1 fully saturated rings. The smallest absolute Gasteiger partial charge is 0.376 e. The molecule has 1 saturated heterocycles. The Morgan fingerprint density at radius 2 is 2.37 bits per heavy atom. The molecule has 6 nitrogen and oxygen atoms in total. The van der Waals surface area contributed by atoms with Crippen LogP contribution in [0.15, 0.2) is 12.3 Å². The highest BCUT2D eigenvalue weighted by Gasteiger charge is 2.26. The fourth-order valence-corrected chi connectivity index (χ4v) is 2.39. The molecule has 0 amide bonds. The Balaban J connectivity index is 2.22. The summed E-state index contributed by atoms with van der Waals surface area (Å²) < 4.78 is 4.65. The first-order valence-corrected chi connectivity index (χ1v) is 6.53. The number of anilines is 1. The molecule has 2 unspecified atom stereocenters. The molecule has 0 radical (unpaired) electrons. The van der Waals surface area contributed by atoms with E-state index in [4.69, 9.17) is 5.73 Å². The van der Waals surface area contributed by atoms with Gasteiger partial charge in [-0.2, -0.15) is 0 Å². The zero-order valence-corrected chi connectivity index (χ0v) is 11.4. The second kappa shape index (κ2) is 5.97. The first-order valence-electron chi connectivity index (χ1n) is 6.53. The van der Waals surface area contributed by atoms with Crippen LogP contribution in [0, 0.1) is 5.92 Å². The summed E-state index contributed by atoms with van der Waals surface area (Å²) in [5.74, 6) is 0.831. The van der Waals surface area contributed by atoms with E-state index in [-0.39, 0.29) is 5.82 Å². The average molecular weight is 264 g/mol. The number of aromatic nitrogens is 2. The standard InChI is InChI=1S/C13H20N4O2/c1-9-3-4-10(7-14)8-17(9)11-5-6-15-12(16-11)13(18)19-2/h5-6,9-10H,3-4,7-8,14H2,1-2H3. The SMILES string of the molecule is COC(=O)c1nccc(N2CC(CN)CCC2C)n1. The molecule has 104 valence electrons. The number of carbonyl (C=O) groups is 1. The molecular weight excluding hydrogens is 244 g/mol. The largest absolute Gasteiger partial charge is 0.463 e. The lowest BCUT2D eigenvalue weighted by Gasteiger charge is -2.38. The van der Waals surface area contributed by atoms with Crippen LogP contribution in [-0.4, -0.2) is 42.2 Å². The van der Waals surface area contributed by atoms with Gasteiger partial charge in [-0.1, -0.05) is 0 Å². The molecule has 2 heterocycles. The minimum atomic E-state index is -0.512. The molecule has 19 heavy (non-hydrogen) atoms. The molecule has 2 N–H and O–H groups in total. The van der Waals surface area contributed by atoms with Crippen molar-refractivity contribution >= 4 is 11.8 Å². The quantitative estimate of drug-likeness (QED) is 0.814. The van der Waals surface area contributed by atoms with Gasteiger partial charge in [-0.25, -0.2) is 14.8 Å². The Bertz CT molecular complexity index is 452. The third-order valence-electron chi connectivity index (χ3n) is 3.62. The van der Waals surface area contributed by atoms with Crippen LogP contribution in [0.3, 0.4) is 0 Å². The molecule has 2 atom stereocenters. The van der Waals surface area contributed by atoms with E-state index in [1.54, 1.807) is 6.20 Å². The van der Waals surface area contributed by atoms with Gasteiger partial charge in [0.25, 0.3) is 0 Å². The molecule has 0 aromatic carbocycles. The monoisotopic (exact) mass is 264 g/mol. The number of rotatable bonds is 3. The summed E-state index contributed by atoms with van der Waals surface area (Å²) in [5.41, 5.74) is 5.76. The van der Waals surface area contributed by atoms with E-state index in [9.17, 15) is 4.79 Å². The summed E-state index contributed by atoms with van der Waals surface area (Å²) in [7, 11) is 1.33. The first-order chi connectivity index (χ1) is 9.15. The Kier molecular flexibility index (Phi) is 4.31. The van der Waals surface area contributed by atoms with Crippen molar-refractivity contribution in [3.05, 3.63) is 18.1 Å². The van der Waals surface area contributed by atoms with E-state index >= 15 is 0 Å². The van der Waals surface area contributed by atoms with Crippen LogP contribution >= 0.6 is 0 Å². The van der Waals surface area contributed by atoms with Gasteiger partial charge in [-0.3, -0.25) is 0 Å². The van der Waals surface area contributed by atoms with Crippen LogP contribution in [0.4, 0.5) is 5.82 Å². The lowest BCUT2D eigenvalue weighted by Crippen LogP contribution is -2.44. The van der Waals surface area contributed by atoms with Crippen molar-refractivity contribution in [2.75, 3.05) is 25.1 Å². The predicted octanol–water partition coefficient (Wildman–Crippen LogP) is 0.827. The van der Waals surface area contributed by atoms with Gasteiger partial charge in [0.15, 0.2) is 0 Å². The number of hydrogen-bond donors (Lipinski definition) is 1. The number of nitrogens with zero attached hydrogens (tertiary/aromatic N) is 3. The molecule has 6 heteroatoms. The lowest BCUT2D eigenvalue weighted by atomic mass is 9.93. The van der Waals surface area contributed by atoms with E-state index in [1.807, 2.05) is 6.07 Å². The van der Waals surface area contributed by atoms with E-state index in [1.165, 1.54) is 7.11 Å². The number of nitrogens with two attached hydrogens (primary N) is 1. The van der Waals surface area contributed by atoms with Crippen LogP contribution in [0.1, 0.15) is 30.4 Å². The molecule has 2 rings (SSSR count). The molecule has 0 saturated carbocycles. The number of hydrogen-bond acceptors (Lipinski definition) is 6. The van der Waals surface area contributed by atoms with Crippen LogP contribution in [0.5, 0.6) is 0 Å². The summed E-state index contributed by atoms with van der Waals surface area (Å²) >= 11 is 0. The lowest BCUT2D eigenvalue weighted by molar-refractivity contribution is 0.0586. The van der Waals surface area contributed by atoms with Gasteiger partial charge in [0, 0.05) is 18.8 Å². The third kappa shape index (κ3) is 3.01. The highest BCUT2D eigenvalue weighted by atomic mass is 16.5. The molecule has 1 aromatic heterocycles. The highest BCUT2D eigenvalue weighted by Crippen LogP contribution is 2.25. The van der Waals surface area contributed by atoms with Crippen molar-refractivity contribution in [3.63, 3.8) is 0 Å². The van der Waals surface area contributed by atoms with Crippen molar-refractivity contribution in [2.45, 2.75) is 25.8 Å². The normalized spacial score (nSPS) is 23.2. The van der Waals surface area contributed by atoms with Crippen LogP contribution in [0.25, 0.3) is 0 Å². The number of esters is 1. The summed E-state index contributed by atoms with van der Waals surface area (Å²) in [6.45, 7) is 3.71. The maximum atomic E-state index is 11.5. The van der Waals surface area contributed by atoms with Crippen LogP contribution in [0.2, 0.25) is 0 Å². The topological polar surface area (TPSA) is 81.3 Å². The molecule has 1 aliphatic rings. The van der Waals surface area contributed by atoms with E-state index in [0.717, 1.165) is 25.2 Å². The maximum absolute atomic E-state index is 11.5. The van der Waals surface area contributed by atoms with Crippen molar-refractivity contribution < 1.29 is 9.53 Å². The second-order valence-electron chi connectivity index (χ2n) is 4.91. The Hall–Kier alpha value is -1.69. The van der Waals surface area contributed by atoms with E-state index < -0.39 is 5.97 Å². The molecule has 0 aliphatic carbocycles. The van der Waals surface area contributed by atoms with Gasteiger partial charge >= 0.3 is 5.97 Å². The number of piperidine rings is 1. The number of methoxy groups -OCH3 is 1. The zero-order chi connectivity index (χ0) is 13.8. The Morgan fingerprint density at radius 3 is 3.05 bits per heavy atom. The van der Waals surface area contributed by atoms with Gasteiger partial charge in [-0.15, -0.1) is 0 Å². The van der Waals surface area contributed by atoms with Crippen molar-refractivity contribution in [1.82, 2.24) is 9.97 Å². The van der Waals surface area contributed by atoms with Gasteiger partial charge < -0.3 is 15.4 Å². The second-order valence-corrected chi connectivity index (χ2v) is 4.91. The highest BCUT2D eigenvalue weighted by molar-refractivity contribution is 5.85. The zero-order valence-electron chi connectivity index (χ0n) is 11.4. The van der Waals surface area contributed by atoms with Crippen LogP contribution in [-0.2, 0) is 4.74 Å². The fraction of sp³-hybridized carbons (Fsp3) is 0.615. The predicted molar refractivity (Wildman–Crippen MR) is 72.0 cm³/mol. The number of ether oxygens (including phenoxy) is 1. The van der Waals surface area contributed by atoms with Crippen LogP contribution < -0.4 is 10.6 Å². The minimum Gasteiger partial charge on any atom is -0.463 e. The molecule has 1 aromatic rings. The van der Waals surface area contributed by atoms with Gasteiger partial charge in [0.2, 0.25) is 5.82 Å². The molecule has 0 spiro atoms. The summed E-state index contributed by atoms with van der Waals surface area (Å²) in [4.78, 5) is 21.9. The summed E-state index contributed by atoms with van der Waals surface area (Å²) in [5, 5.41) is 0. The Labute approximate surface area is 113 Å². The fourth-order valence-electron chi connectivity index (χ4n) is 2.39. The summed E-state index contributed by atoms with van der Waals surface area (Å²) in [6.07, 6.45) is 3.82. The first kappa shape index (κ1) is 13.7. The molecule has 0 bridgehead atoms. The Morgan fingerprint density at radius 1 is 1.58 bits per heavy atom. The van der Waals surface area contributed by atoms with Crippen molar-refractivity contribution in [1.29, 1.82) is 0 Å². The number of carbonyl (C=O) groups excluding carboxylic acids is 1. The summed E-state index contributed by atoms with van der Waals surface area (Å²) in [6, 6.07) is 2.21. The molecule has 1 aliphatic heterocycles. The van der Waals surface area contributed by atoms with Gasteiger partial charge in [0.1, 0.15) is 5.82 Å². The van der Waals surface area contributed by atoms with Crippen molar-refractivity contribution in [3.8, 4) is 0 Å². The molecular formula is C13H20N4O2. The maximum Gasteiger partial charge on any atom is 0.376 e. The van der Waals surface area contributed by atoms with Gasteiger partial charge in [0.05, 0.1) is 7.11 Å². The minimum absolute atomic E-state index is 0.0991.